The molecule has 0 atom stereocenters. The number of rotatable bonds is 3. The van der Waals surface area contributed by atoms with Gasteiger partial charge < -0.3 is 11.5 Å². The molecular formula is C18H21Cl2N3. The van der Waals surface area contributed by atoms with Crippen molar-refractivity contribution in [3.05, 3.63) is 59.7 Å². The highest BCUT2D eigenvalue weighted by molar-refractivity contribution is 5.88. The Kier molecular flexibility index (Phi) is 6.82. The molecule has 0 saturated carbocycles. The van der Waals surface area contributed by atoms with Gasteiger partial charge in [0.2, 0.25) is 0 Å². The van der Waals surface area contributed by atoms with E-state index in [1.165, 1.54) is 11.1 Å². The topological polar surface area (TPSA) is 64.9 Å². The van der Waals surface area contributed by atoms with Gasteiger partial charge in [0.25, 0.3) is 0 Å². The second-order valence-corrected chi connectivity index (χ2v) is 5.34. The van der Waals surface area contributed by atoms with Gasteiger partial charge in [0.1, 0.15) is 5.82 Å². The van der Waals surface area contributed by atoms with E-state index in [0.29, 0.717) is 12.4 Å². The van der Waals surface area contributed by atoms with Crippen molar-refractivity contribution in [1.82, 2.24) is 4.98 Å². The molecule has 0 amide bonds. The van der Waals surface area contributed by atoms with Crippen LogP contribution in [-0.4, -0.2) is 11.5 Å². The van der Waals surface area contributed by atoms with E-state index in [0.717, 1.165) is 28.5 Å². The molecule has 0 fully saturated rings. The summed E-state index contributed by atoms with van der Waals surface area (Å²) in [7, 11) is 0. The summed E-state index contributed by atoms with van der Waals surface area (Å²) in [4.78, 5) is 4.44. The highest BCUT2D eigenvalue weighted by Crippen LogP contribution is 2.26. The molecule has 1 heterocycles. The Hall–Kier alpha value is -1.81. The van der Waals surface area contributed by atoms with Crippen LogP contribution in [0, 0.1) is 6.92 Å². The van der Waals surface area contributed by atoms with E-state index in [4.69, 9.17) is 11.5 Å². The van der Waals surface area contributed by atoms with Crippen LogP contribution in [0.1, 0.15) is 11.1 Å². The third-order valence-corrected chi connectivity index (χ3v) is 3.73. The Morgan fingerprint density at radius 1 is 0.957 bits per heavy atom. The van der Waals surface area contributed by atoms with Gasteiger partial charge in [0.05, 0.1) is 5.52 Å². The summed E-state index contributed by atoms with van der Waals surface area (Å²) in [5.41, 5.74) is 17.2. The molecule has 0 saturated heterocycles. The first-order chi connectivity index (χ1) is 10.2. The largest absolute Gasteiger partial charge is 0.384 e. The fourth-order valence-corrected chi connectivity index (χ4v) is 2.68. The molecule has 3 nitrogen and oxygen atoms in total. The van der Waals surface area contributed by atoms with Crippen molar-refractivity contribution in [2.24, 2.45) is 5.73 Å². The third kappa shape index (κ3) is 4.14. The Morgan fingerprint density at radius 2 is 1.70 bits per heavy atom. The smallest absolute Gasteiger partial charge is 0.124 e. The predicted molar refractivity (Wildman–Crippen MR) is 104 cm³/mol. The molecule has 4 N–H and O–H groups in total. The maximum Gasteiger partial charge on any atom is 0.124 e. The monoisotopic (exact) mass is 349 g/mol. The molecule has 0 aliphatic rings. The van der Waals surface area contributed by atoms with E-state index in [2.05, 4.69) is 54.4 Å². The Balaban J connectivity index is 0.00000132. The minimum Gasteiger partial charge on any atom is -0.384 e. The lowest BCUT2D eigenvalue weighted by atomic mass is 9.99. The molecule has 0 aliphatic heterocycles. The Bertz CT molecular complexity index is 803. The normalized spacial score (nSPS) is 10.0. The van der Waals surface area contributed by atoms with Gasteiger partial charge in [-0.3, -0.25) is 0 Å². The number of pyridine rings is 1. The molecule has 0 unspecified atom stereocenters. The number of fused-ring (bicyclic) bond motifs is 1. The highest BCUT2D eigenvalue weighted by Gasteiger charge is 2.05. The van der Waals surface area contributed by atoms with Crippen LogP contribution in [0.15, 0.2) is 48.5 Å². The average Bonchev–Trinajstić information content (AvgIpc) is 2.47. The summed E-state index contributed by atoms with van der Waals surface area (Å²) in [5.74, 6) is 0.564. The average molecular weight is 350 g/mol. The summed E-state index contributed by atoms with van der Waals surface area (Å²) in [5, 5.41) is 1.14. The maximum atomic E-state index is 5.85. The van der Waals surface area contributed by atoms with Crippen molar-refractivity contribution >= 4 is 41.5 Å². The molecular weight excluding hydrogens is 329 g/mol. The van der Waals surface area contributed by atoms with E-state index in [1.54, 1.807) is 0 Å². The van der Waals surface area contributed by atoms with Crippen LogP contribution in [0.5, 0.6) is 0 Å². The molecule has 1 aromatic heterocycles. The van der Waals surface area contributed by atoms with Crippen LogP contribution < -0.4 is 11.5 Å². The summed E-state index contributed by atoms with van der Waals surface area (Å²) < 4.78 is 0. The number of anilines is 1. The zero-order valence-corrected chi connectivity index (χ0v) is 14.6. The predicted octanol–water partition coefficient (Wildman–Crippen LogP) is 4.14. The molecule has 5 heteroatoms. The first-order valence-electron chi connectivity index (χ1n) is 7.13. The fourth-order valence-electron chi connectivity index (χ4n) is 2.68. The van der Waals surface area contributed by atoms with E-state index in [1.807, 2.05) is 6.07 Å². The minimum absolute atomic E-state index is 0. The van der Waals surface area contributed by atoms with E-state index < -0.39 is 0 Å². The maximum absolute atomic E-state index is 5.85. The van der Waals surface area contributed by atoms with E-state index >= 15 is 0 Å². The van der Waals surface area contributed by atoms with Gasteiger partial charge in [-0.15, -0.1) is 24.8 Å². The van der Waals surface area contributed by atoms with Gasteiger partial charge in [-0.1, -0.05) is 36.4 Å². The number of aromatic nitrogens is 1. The van der Waals surface area contributed by atoms with Crippen LogP contribution in [0.4, 0.5) is 5.82 Å². The van der Waals surface area contributed by atoms with Crippen molar-refractivity contribution in [2.45, 2.75) is 13.3 Å². The minimum atomic E-state index is 0. The van der Waals surface area contributed by atoms with Crippen LogP contribution >= 0.6 is 24.8 Å². The van der Waals surface area contributed by atoms with Crippen LogP contribution in [-0.2, 0) is 6.42 Å². The first-order valence-corrected chi connectivity index (χ1v) is 7.13. The third-order valence-electron chi connectivity index (χ3n) is 3.73. The van der Waals surface area contributed by atoms with Gasteiger partial charge >= 0.3 is 0 Å². The summed E-state index contributed by atoms with van der Waals surface area (Å²) in [6.07, 6.45) is 0.895. The lowest BCUT2D eigenvalue weighted by Crippen LogP contribution is -2.02. The number of nitrogen functional groups attached to an aromatic ring is 1. The number of nitrogens with two attached hydrogens (primary N) is 2. The van der Waals surface area contributed by atoms with Crippen molar-refractivity contribution in [2.75, 3.05) is 12.3 Å². The number of hydrogen-bond acceptors (Lipinski definition) is 3. The molecule has 0 aliphatic carbocycles. The number of aryl methyl sites for hydroxylation is 1. The van der Waals surface area contributed by atoms with Crippen LogP contribution in [0.3, 0.4) is 0 Å². The second-order valence-electron chi connectivity index (χ2n) is 5.34. The van der Waals surface area contributed by atoms with Gasteiger partial charge in [-0.2, -0.15) is 0 Å². The molecule has 0 bridgehead atoms. The van der Waals surface area contributed by atoms with Gasteiger partial charge in [0, 0.05) is 5.39 Å². The molecule has 3 aromatic rings. The first kappa shape index (κ1) is 19.2. The molecule has 0 spiro atoms. The van der Waals surface area contributed by atoms with Crippen molar-refractivity contribution < 1.29 is 0 Å². The van der Waals surface area contributed by atoms with Crippen molar-refractivity contribution in [3.8, 4) is 11.1 Å². The number of halogens is 2. The van der Waals surface area contributed by atoms with E-state index in [-0.39, 0.29) is 24.8 Å². The Labute approximate surface area is 148 Å². The zero-order valence-electron chi connectivity index (χ0n) is 13.0. The summed E-state index contributed by atoms with van der Waals surface area (Å²) in [6.45, 7) is 2.72. The lowest BCUT2D eigenvalue weighted by Gasteiger charge is -2.08. The summed E-state index contributed by atoms with van der Waals surface area (Å²) >= 11 is 0. The van der Waals surface area contributed by atoms with Crippen molar-refractivity contribution in [1.29, 1.82) is 0 Å². The SMILES string of the molecule is Cc1cc(N)nc2cc(-c3cccc(CCN)c3)ccc12.Cl.Cl. The highest BCUT2D eigenvalue weighted by atomic mass is 35.5. The Morgan fingerprint density at radius 3 is 2.43 bits per heavy atom. The second kappa shape index (κ2) is 8.16. The standard InChI is InChI=1S/C18H19N3.2ClH/c1-12-9-18(20)21-17-11-15(5-6-16(12)17)14-4-2-3-13(10-14)7-8-19;;/h2-6,9-11H,7-8,19H2,1H3,(H2,20,21);2*1H. The van der Waals surface area contributed by atoms with Gasteiger partial charge in [-0.05, 0) is 54.3 Å². The van der Waals surface area contributed by atoms with Crippen molar-refractivity contribution in [3.63, 3.8) is 0 Å². The van der Waals surface area contributed by atoms with Gasteiger partial charge in [-0.25, -0.2) is 4.98 Å². The molecule has 122 valence electrons. The number of hydrogen-bond donors (Lipinski definition) is 2. The fraction of sp³-hybridized carbons (Fsp3) is 0.167. The molecule has 23 heavy (non-hydrogen) atoms. The van der Waals surface area contributed by atoms with Gasteiger partial charge in [0.15, 0.2) is 0 Å². The molecule has 2 aromatic carbocycles. The summed E-state index contributed by atoms with van der Waals surface area (Å²) in [6, 6.07) is 16.7. The number of benzene rings is 2. The van der Waals surface area contributed by atoms with Crippen LogP contribution in [0.2, 0.25) is 0 Å². The lowest BCUT2D eigenvalue weighted by molar-refractivity contribution is 0.969. The van der Waals surface area contributed by atoms with E-state index in [9.17, 15) is 0 Å². The zero-order chi connectivity index (χ0) is 14.8. The quantitative estimate of drug-likeness (QED) is 0.746. The molecule has 3 rings (SSSR count). The molecule has 0 radical (unpaired) electrons. The number of nitrogens with zero attached hydrogens (tertiary/aromatic N) is 1. The van der Waals surface area contributed by atoms with Crippen LogP contribution in [0.25, 0.3) is 22.0 Å².